The number of rotatable bonds is 6. The summed E-state index contributed by atoms with van der Waals surface area (Å²) >= 11 is 0. The predicted octanol–water partition coefficient (Wildman–Crippen LogP) is 2.90. The Morgan fingerprint density at radius 3 is 2.30 bits per heavy atom. The van der Waals surface area contributed by atoms with Gasteiger partial charge in [-0.05, 0) is 44.0 Å². The summed E-state index contributed by atoms with van der Waals surface area (Å²) in [5.41, 5.74) is 3.06. The average molecular weight is 371 g/mol. The highest BCUT2D eigenvalue weighted by Crippen LogP contribution is 2.24. The molecule has 0 saturated carbocycles. The first-order chi connectivity index (χ1) is 12.7. The van der Waals surface area contributed by atoms with E-state index in [1.165, 1.54) is 25.3 Å². The fourth-order valence-corrected chi connectivity index (χ4v) is 2.80. The summed E-state index contributed by atoms with van der Waals surface area (Å²) in [6, 6.07) is 7.73. The number of benzene rings is 2. The molecule has 0 radical (unpaired) electrons. The van der Waals surface area contributed by atoms with Gasteiger partial charge in [0.2, 0.25) is 5.91 Å². The molecular weight excluding hydrogens is 350 g/mol. The molecule has 0 aliphatic rings. The largest absolute Gasteiger partial charge is 0.497 e. The van der Waals surface area contributed by atoms with Crippen LogP contribution in [0.15, 0.2) is 30.3 Å². The molecular formula is C19H21N3O5. The molecule has 27 heavy (non-hydrogen) atoms. The van der Waals surface area contributed by atoms with Gasteiger partial charge in [-0.15, -0.1) is 0 Å². The summed E-state index contributed by atoms with van der Waals surface area (Å²) in [6.07, 6.45) is 0. The first kappa shape index (κ1) is 19.9. The maximum Gasteiger partial charge on any atom is 0.282 e. The Hall–Kier alpha value is -3.42. The standard InChI is InChI=1S/C19H21N3O5/c1-11-7-12(2)18(13(3)8-11)21-17(23)10-20-19(24)15-9-14(27-4)5-6-16(15)22(25)26/h5-9H,10H2,1-4H3,(H,20,24)(H,21,23). The zero-order valence-corrected chi connectivity index (χ0v) is 15.6. The summed E-state index contributed by atoms with van der Waals surface area (Å²) in [5.74, 6) is -0.849. The van der Waals surface area contributed by atoms with Gasteiger partial charge >= 0.3 is 0 Å². The molecule has 142 valence electrons. The van der Waals surface area contributed by atoms with Crippen molar-refractivity contribution in [3.8, 4) is 5.75 Å². The van der Waals surface area contributed by atoms with Gasteiger partial charge in [-0.1, -0.05) is 17.7 Å². The maximum absolute atomic E-state index is 12.3. The smallest absolute Gasteiger partial charge is 0.282 e. The highest BCUT2D eigenvalue weighted by Gasteiger charge is 2.21. The molecule has 2 amide bonds. The van der Waals surface area contributed by atoms with Crippen LogP contribution in [-0.2, 0) is 4.79 Å². The van der Waals surface area contributed by atoms with Crippen molar-refractivity contribution in [3.05, 3.63) is 62.7 Å². The molecule has 2 N–H and O–H groups in total. The van der Waals surface area contributed by atoms with Crippen LogP contribution in [-0.4, -0.2) is 30.4 Å². The van der Waals surface area contributed by atoms with Crippen LogP contribution in [0, 0.1) is 30.9 Å². The van der Waals surface area contributed by atoms with Crippen LogP contribution in [0.3, 0.4) is 0 Å². The Kier molecular flexibility index (Phi) is 6.12. The molecule has 0 fully saturated rings. The SMILES string of the molecule is COc1ccc([N+](=O)[O-])c(C(=O)NCC(=O)Nc2c(C)cc(C)cc2C)c1. The lowest BCUT2D eigenvalue weighted by atomic mass is 10.1. The molecule has 2 aromatic carbocycles. The lowest BCUT2D eigenvalue weighted by Gasteiger charge is -2.13. The van der Waals surface area contributed by atoms with Crippen LogP contribution < -0.4 is 15.4 Å². The highest BCUT2D eigenvalue weighted by molar-refractivity contribution is 6.02. The number of nitro groups is 1. The van der Waals surface area contributed by atoms with Crippen LogP contribution in [0.1, 0.15) is 27.0 Å². The van der Waals surface area contributed by atoms with Gasteiger partial charge in [-0.2, -0.15) is 0 Å². The topological polar surface area (TPSA) is 111 Å². The van der Waals surface area contributed by atoms with E-state index in [0.717, 1.165) is 16.7 Å². The van der Waals surface area contributed by atoms with Gasteiger partial charge in [-0.3, -0.25) is 19.7 Å². The molecule has 2 aromatic rings. The summed E-state index contributed by atoms with van der Waals surface area (Å²) < 4.78 is 5.00. The van der Waals surface area contributed by atoms with E-state index in [1.54, 1.807) is 0 Å². The summed E-state index contributed by atoms with van der Waals surface area (Å²) in [5, 5.41) is 16.3. The van der Waals surface area contributed by atoms with Crippen molar-refractivity contribution in [2.75, 3.05) is 19.0 Å². The molecule has 0 spiro atoms. The third kappa shape index (κ3) is 4.81. The number of hydrogen-bond acceptors (Lipinski definition) is 5. The normalized spacial score (nSPS) is 10.2. The maximum atomic E-state index is 12.3. The zero-order valence-electron chi connectivity index (χ0n) is 15.6. The van der Waals surface area contributed by atoms with Crippen LogP contribution in [0.5, 0.6) is 5.75 Å². The van der Waals surface area contributed by atoms with E-state index in [0.29, 0.717) is 11.4 Å². The Bertz CT molecular complexity index is 885. The minimum Gasteiger partial charge on any atom is -0.497 e. The fourth-order valence-electron chi connectivity index (χ4n) is 2.80. The first-order valence-electron chi connectivity index (χ1n) is 8.21. The van der Waals surface area contributed by atoms with Gasteiger partial charge in [0.05, 0.1) is 18.6 Å². The molecule has 0 aromatic heterocycles. The quantitative estimate of drug-likeness (QED) is 0.599. The number of carbonyl (C=O) groups excluding carboxylic acids is 2. The fraction of sp³-hybridized carbons (Fsp3) is 0.263. The Morgan fingerprint density at radius 1 is 1.11 bits per heavy atom. The molecule has 0 bridgehead atoms. The number of nitrogens with zero attached hydrogens (tertiary/aromatic N) is 1. The first-order valence-corrected chi connectivity index (χ1v) is 8.21. The molecule has 2 rings (SSSR count). The van der Waals surface area contributed by atoms with Gasteiger partial charge in [-0.25, -0.2) is 0 Å². The number of nitrogens with one attached hydrogen (secondary N) is 2. The van der Waals surface area contributed by atoms with Gasteiger partial charge in [0.25, 0.3) is 11.6 Å². The van der Waals surface area contributed by atoms with Crippen LogP contribution in [0.4, 0.5) is 11.4 Å². The number of methoxy groups -OCH3 is 1. The van der Waals surface area contributed by atoms with Gasteiger partial charge in [0.1, 0.15) is 11.3 Å². The van der Waals surface area contributed by atoms with Gasteiger partial charge in [0, 0.05) is 11.8 Å². The number of anilines is 1. The number of ether oxygens (including phenoxy) is 1. The van der Waals surface area contributed by atoms with Crippen molar-refractivity contribution in [3.63, 3.8) is 0 Å². The summed E-state index contributed by atoms with van der Waals surface area (Å²) in [6.45, 7) is 5.41. The molecule has 0 aliphatic carbocycles. The van der Waals surface area contributed by atoms with Crippen molar-refractivity contribution >= 4 is 23.2 Å². The van der Waals surface area contributed by atoms with Crippen LogP contribution in [0.25, 0.3) is 0 Å². The van der Waals surface area contributed by atoms with E-state index in [2.05, 4.69) is 10.6 Å². The van der Waals surface area contributed by atoms with Crippen molar-refractivity contribution in [2.24, 2.45) is 0 Å². The molecule has 0 saturated heterocycles. The second-order valence-electron chi connectivity index (χ2n) is 6.14. The number of amides is 2. The lowest BCUT2D eigenvalue weighted by molar-refractivity contribution is -0.385. The average Bonchev–Trinajstić information content (AvgIpc) is 2.61. The number of aryl methyl sites for hydroxylation is 3. The lowest BCUT2D eigenvalue weighted by Crippen LogP contribution is -2.33. The molecule has 0 heterocycles. The minimum atomic E-state index is -0.729. The Morgan fingerprint density at radius 2 is 1.74 bits per heavy atom. The van der Waals surface area contributed by atoms with E-state index in [9.17, 15) is 19.7 Å². The van der Waals surface area contributed by atoms with Crippen LogP contribution >= 0.6 is 0 Å². The number of nitro benzene ring substituents is 1. The third-order valence-corrected chi connectivity index (χ3v) is 4.00. The zero-order chi connectivity index (χ0) is 20.1. The summed E-state index contributed by atoms with van der Waals surface area (Å²) in [4.78, 5) is 35.0. The molecule has 8 nitrogen and oxygen atoms in total. The molecule has 0 aliphatic heterocycles. The van der Waals surface area contributed by atoms with E-state index in [-0.39, 0.29) is 17.8 Å². The second kappa shape index (κ2) is 8.31. The van der Waals surface area contributed by atoms with Crippen LogP contribution in [0.2, 0.25) is 0 Å². The van der Waals surface area contributed by atoms with E-state index in [4.69, 9.17) is 4.74 Å². The second-order valence-corrected chi connectivity index (χ2v) is 6.14. The molecule has 8 heteroatoms. The summed E-state index contributed by atoms with van der Waals surface area (Å²) in [7, 11) is 1.39. The van der Waals surface area contributed by atoms with Crippen molar-refractivity contribution in [1.29, 1.82) is 0 Å². The van der Waals surface area contributed by atoms with Gasteiger partial charge in [0.15, 0.2) is 0 Å². The van der Waals surface area contributed by atoms with E-state index >= 15 is 0 Å². The number of hydrogen-bond donors (Lipinski definition) is 2. The Labute approximate surface area is 156 Å². The Balaban J connectivity index is 2.10. The monoisotopic (exact) mass is 371 g/mol. The van der Waals surface area contributed by atoms with Crippen molar-refractivity contribution < 1.29 is 19.2 Å². The predicted molar refractivity (Wildman–Crippen MR) is 101 cm³/mol. The molecule has 0 unspecified atom stereocenters. The third-order valence-electron chi connectivity index (χ3n) is 4.00. The van der Waals surface area contributed by atoms with E-state index < -0.39 is 16.7 Å². The van der Waals surface area contributed by atoms with Crippen molar-refractivity contribution in [2.45, 2.75) is 20.8 Å². The minimum absolute atomic E-state index is 0.171. The van der Waals surface area contributed by atoms with Gasteiger partial charge < -0.3 is 15.4 Å². The van der Waals surface area contributed by atoms with Crippen molar-refractivity contribution in [1.82, 2.24) is 5.32 Å². The molecule has 0 atom stereocenters. The number of carbonyl (C=O) groups is 2. The highest BCUT2D eigenvalue weighted by atomic mass is 16.6. The van der Waals surface area contributed by atoms with E-state index in [1.807, 2.05) is 32.9 Å².